The van der Waals surface area contributed by atoms with Crippen molar-refractivity contribution in [3.05, 3.63) is 345 Å². The molecule has 0 amide bonds. The Bertz CT molecular complexity index is 5270. The van der Waals surface area contributed by atoms with Crippen LogP contribution in [-0.4, -0.2) is 13.4 Å². The molecule has 4 aliphatic heterocycles. The predicted molar refractivity (Wildman–Crippen MR) is 390 cm³/mol. The Morgan fingerprint density at radius 2 is 0.737 bits per heavy atom. The Morgan fingerprint density at radius 1 is 0.295 bits per heavy atom. The maximum atomic E-state index is 20.4. The fourth-order valence-corrected chi connectivity index (χ4v) is 16.4. The average molecular weight is 1240 g/mol. The van der Waals surface area contributed by atoms with Gasteiger partial charge < -0.3 is 24.5 Å². The summed E-state index contributed by atoms with van der Waals surface area (Å²) in [5, 5.41) is 0. The number of benzene rings is 14. The van der Waals surface area contributed by atoms with E-state index in [-0.39, 0.29) is 11.4 Å². The molecular formula is C84H54B2F3N5S. The molecule has 0 spiro atoms. The molecule has 14 aromatic rings. The Kier molecular flexibility index (Phi) is 13.5. The largest absolute Gasteiger partial charge is 0.311 e. The van der Waals surface area contributed by atoms with Gasteiger partial charge >= 0.3 is 0 Å². The van der Waals surface area contributed by atoms with Gasteiger partial charge in [-0.25, -0.2) is 13.2 Å². The van der Waals surface area contributed by atoms with Crippen LogP contribution >= 0.6 is 11.8 Å². The van der Waals surface area contributed by atoms with Crippen LogP contribution in [0.4, 0.5) is 98.5 Å². The molecule has 0 fully saturated rings. The van der Waals surface area contributed by atoms with Gasteiger partial charge in [0.25, 0.3) is 6.71 Å². The second-order valence-electron chi connectivity index (χ2n) is 24.3. The molecule has 448 valence electrons. The van der Waals surface area contributed by atoms with Crippen molar-refractivity contribution in [3.63, 3.8) is 0 Å². The zero-order valence-electron chi connectivity index (χ0n) is 51.1. The van der Waals surface area contributed by atoms with Crippen LogP contribution in [0.3, 0.4) is 0 Å². The van der Waals surface area contributed by atoms with Gasteiger partial charge in [-0.05, 0) is 148 Å². The summed E-state index contributed by atoms with van der Waals surface area (Å²) in [5.74, 6) is -2.24. The molecule has 0 atom stereocenters. The minimum Gasteiger partial charge on any atom is -0.311 e. The van der Waals surface area contributed by atoms with E-state index in [1.165, 1.54) is 30.0 Å². The number of halogens is 3. The van der Waals surface area contributed by atoms with Gasteiger partial charge in [0, 0.05) is 77.8 Å². The zero-order valence-corrected chi connectivity index (χ0v) is 51.9. The van der Waals surface area contributed by atoms with Gasteiger partial charge in [-0.3, -0.25) is 0 Å². The Balaban J connectivity index is 0.954. The summed E-state index contributed by atoms with van der Waals surface area (Å²) in [7, 11) is 0. The lowest BCUT2D eigenvalue weighted by Gasteiger charge is -2.46. The number of nitrogens with zero attached hydrogens (tertiary/aromatic N) is 5. The van der Waals surface area contributed by atoms with Crippen LogP contribution in [0, 0.1) is 17.5 Å². The van der Waals surface area contributed by atoms with Crippen molar-refractivity contribution in [3.8, 4) is 22.3 Å². The van der Waals surface area contributed by atoms with E-state index in [0.29, 0.717) is 21.7 Å². The first kappa shape index (κ1) is 56.1. The van der Waals surface area contributed by atoms with Crippen LogP contribution in [0.2, 0.25) is 0 Å². The molecule has 14 aromatic carbocycles. The quantitative estimate of drug-likeness (QED) is 0.119. The van der Waals surface area contributed by atoms with E-state index in [4.69, 9.17) is 0 Å². The van der Waals surface area contributed by atoms with Crippen LogP contribution < -0.4 is 57.3 Å². The van der Waals surface area contributed by atoms with Crippen LogP contribution in [0.15, 0.2) is 337 Å². The summed E-state index contributed by atoms with van der Waals surface area (Å²) in [6.07, 6.45) is 0. The molecule has 0 aliphatic carbocycles. The van der Waals surface area contributed by atoms with Crippen LogP contribution in [0.5, 0.6) is 0 Å². The van der Waals surface area contributed by atoms with Crippen molar-refractivity contribution in [1.29, 1.82) is 0 Å². The second kappa shape index (κ2) is 22.9. The summed E-state index contributed by atoms with van der Waals surface area (Å²) < 4.78 is 56.2. The average Bonchev–Trinajstić information content (AvgIpc) is 0.685. The number of para-hydroxylation sites is 9. The lowest BCUT2D eigenvalue weighted by molar-refractivity contribution is 0.580. The van der Waals surface area contributed by atoms with E-state index < -0.39 is 30.9 Å². The normalized spacial score (nSPS) is 12.9. The highest BCUT2D eigenvalue weighted by Crippen LogP contribution is 2.54. The van der Waals surface area contributed by atoms with Crippen molar-refractivity contribution in [1.82, 2.24) is 0 Å². The summed E-state index contributed by atoms with van der Waals surface area (Å²) in [6.45, 7) is -1.14. The van der Waals surface area contributed by atoms with Crippen molar-refractivity contribution in [2.75, 3.05) is 24.5 Å². The number of anilines is 15. The SMILES string of the molecule is Fc1cccc(F)c1N1c2cc(N(c3ccccc3)c3ccccc3-c3ccccc3)cc3c2B(c2ccccc2N3c2ccccc2-c2ccccc2)c2cc3c(c(F)c21)Sc1cc(N(c2ccccc2)c2ccccc2)cc2c1B3c1ccccc1N2c1ccccc1. The number of hydrogen-bond donors (Lipinski definition) is 0. The minimum atomic E-state index is -0.834. The fourth-order valence-electron chi connectivity index (χ4n) is 15.2. The molecule has 0 saturated heterocycles. The van der Waals surface area contributed by atoms with Crippen LogP contribution in [0.25, 0.3) is 22.3 Å². The molecule has 0 saturated carbocycles. The van der Waals surface area contributed by atoms with Crippen molar-refractivity contribution < 1.29 is 13.2 Å². The maximum Gasteiger partial charge on any atom is 0.252 e. The molecule has 0 unspecified atom stereocenters. The molecule has 0 bridgehead atoms. The number of fused-ring (bicyclic) bond motifs is 8. The molecular weight excluding hydrogens is 1190 g/mol. The summed E-state index contributed by atoms with van der Waals surface area (Å²) in [5.41, 5.74) is 19.8. The highest BCUT2D eigenvalue weighted by molar-refractivity contribution is 8.00. The second-order valence-corrected chi connectivity index (χ2v) is 25.3. The van der Waals surface area contributed by atoms with Gasteiger partial charge in [-0.1, -0.05) is 236 Å². The molecule has 0 aromatic heterocycles. The van der Waals surface area contributed by atoms with Crippen LogP contribution in [0.1, 0.15) is 0 Å². The molecule has 4 heterocycles. The highest BCUT2D eigenvalue weighted by atomic mass is 32.2. The summed E-state index contributed by atoms with van der Waals surface area (Å²) >= 11 is 1.38. The lowest BCUT2D eigenvalue weighted by atomic mass is 9.31. The molecule has 5 nitrogen and oxygen atoms in total. The number of rotatable bonds is 11. The van der Waals surface area contributed by atoms with Gasteiger partial charge in [0.1, 0.15) is 17.3 Å². The number of hydrogen-bond acceptors (Lipinski definition) is 6. The molecule has 0 radical (unpaired) electrons. The highest BCUT2D eigenvalue weighted by Gasteiger charge is 2.50. The standard InChI is InChI=1S/C84H54B2F3N5S/c87-69-44-27-45-70(88)83(69)94-76-51-61(91(59-36-15-5-16-37-59)71-46-23-19-40-63(71)55-28-7-1-8-29-55)50-75-79(76)85(66-43-22-26-49-74(66)93(75)72-47-24-20-41-64(72)56-30-9-2-10-31-56)67-54-68-84(81(89)82(67)94)95-78-53-62(90(57-32-11-3-12-33-57)58-34-13-4-14-35-58)52-77-80(78)86(68)65-42-21-25-48-73(65)92(77)60-38-17-6-18-39-60/h1-54H. The molecule has 95 heavy (non-hydrogen) atoms. The third-order valence-corrected chi connectivity index (χ3v) is 20.2. The zero-order chi connectivity index (χ0) is 63.3. The van der Waals surface area contributed by atoms with Crippen LogP contribution in [-0.2, 0) is 0 Å². The first-order valence-corrected chi connectivity index (χ1v) is 32.8. The maximum absolute atomic E-state index is 20.4. The van der Waals surface area contributed by atoms with E-state index in [2.05, 4.69) is 220 Å². The Labute approximate surface area is 554 Å². The van der Waals surface area contributed by atoms with Gasteiger partial charge in [-0.2, -0.15) is 0 Å². The minimum absolute atomic E-state index is 0.0785. The molecule has 4 aliphatic rings. The first-order valence-electron chi connectivity index (χ1n) is 32.0. The van der Waals surface area contributed by atoms with Crippen molar-refractivity contribution in [2.45, 2.75) is 9.79 Å². The third kappa shape index (κ3) is 9.05. The van der Waals surface area contributed by atoms with E-state index >= 15 is 13.2 Å². The van der Waals surface area contributed by atoms with E-state index in [9.17, 15) is 0 Å². The summed E-state index contributed by atoms with van der Waals surface area (Å²) in [6, 6.07) is 110. The molecule has 0 N–H and O–H groups in total. The lowest BCUT2D eigenvalue weighted by Crippen LogP contribution is -2.65. The predicted octanol–water partition coefficient (Wildman–Crippen LogP) is 19.2. The smallest absolute Gasteiger partial charge is 0.252 e. The topological polar surface area (TPSA) is 16.2 Å². The monoisotopic (exact) mass is 1240 g/mol. The summed E-state index contributed by atoms with van der Waals surface area (Å²) in [4.78, 5) is 12.0. The van der Waals surface area contributed by atoms with E-state index in [1.54, 1.807) is 4.90 Å². The van der Waals surface area contributed by atoms with Crippen molar-refractivity contribution >= 4 is 143 Å². The van der Waals surface area contributed by atoms with E-state index in [1.807, 2.05) is 109 Å². The van der Waals surface area contributed by atoms with E-state index in [0.717, 1.165) is 117 Å². The van der Waals surface area contributed by atoms with Gasteiger partial charge in [0.2, 0.25) is 6.71 Å². The molecule has 11 heteroatoms. The van der Waals surface area contributed by atoms with Gasteiger partial charge in [0.15, 0.2) is 5.82 Å². The third-order valence-electron chi connectivity index (χ3n) is 19.0. The van der Waals surface area contributed by atoms with Gasteiger partial charge in [0.05, 0.1) is 22.7 Å². The fraction of sp³-hybridized carbons (Fsp3) is 0. The Morgan fingerprint density at radius 3 is 1.34 bits per heavy atom. The Hall–Kier alpha value is -11.7. The first-order chi connectivity index (χ1) is 46.9. The van der Waals surface area contributed by atoms with Gasteiger partial charge in [-0.15, -0.1) is 0 Å². The molecule has 18 rings (SSSR count). The van der Waals surface area contributed by atoms with Crippen molar-refractivity contribution in [2.24, 2.45) is 0 Å².